The lowest BCUT2D eigenvalue weighted by Crippen LogP contribution is -2.10. The van der Waals surface area contributed by atoms with Gasteiger partial charge in [0.15, 0.2) is 0 Å². The van der Waals surface area contributed by atoms with Crippen LogP contribution < -0.4 is 4.74 Å². The molecule has 5 nitrogen and oxygen atoms in total. The quantitative estimate of drug-likeness (QED) is 0.884. The molecule has 2 rings (SSSR count). The first kappa shape index (κ1) is 14.4. The highest BCUT2D eigenvalue weighted by Crippen LogP contribution is 2.25. The zero-order chi connectivity index (χ0) is 14.5. The minimum atomic E-state index is -2.89. The van der Waals surface area contributed by atoms with E-state index in [1.807, 2.05) is 6.92 Å². The molecule has 2 aromatic rings. The lowest BCUT2D eigenvalue weighted by Gasteiger charge is -2.13. The van der Waals surface area contributed by atoms with Crippen LogP contribution in [0.2, 0.25) is 0 Å². The van der Waals surface area contributed by atoms with Gasteiger partial charge in [-0.05, 0) is 24.1 Å². The second-order valence-electron chi connectivity index (χ2n) is 4.24. The van der Waals surface area contributed by atoms with Crippen molar-refractivity contribution in [1.29, 1.82) is 0 Å². The molecule has 0 aliphatic rings. The van der Waals surface area contributed by atoms with Gasteiger partial charge >= 0.3 is 6.61 Å². The standard InChI is InChI=1S/C13H15F2N3O2/c1-2-6-18-11(8-16-17-18)12(19)9-4-3-5-10(7-9)20-13(14)15/h3-5,7-8,12-13,19H,2,6H2,1H3. The monoisotopic (exact) mass is 283 g/mol. The molecule has 0 aliphatic carbocycles. The molecule has 0 saturated heterocycles. The van der Waals surface area contributed by atoms with E-state index in [0.717, 1.165) is 6.42 Å². The van der Waals surface area contributed by atoms with E-state index in [-0.39, 0.29) is 5.75 Å². The molecule has 0 spiro atoms. The van der Waals surface area contributed by atoms with E-state index in [1.165, 1.54) is 18.3 Å². The number of aromatic nitrogens is 3. The Morgan fingerprint density at radius 2 is 2.20 bits per heavy atom. The van der Waals surface area contributed by atoms with Gasteiger partial charge in [-0.1, -0.05) is 24.3 Å². The van der Waals surface area contributed by atoms with Crippen LogP contribution in [0.5, 0.6) is 5.75 Å². The summed E-state index contributed by atoms with van der Waals surface area (Å²) in [6, 6.07) is 5.96. The van der Waals surface area contributed by atoms with E-state index < -0.39 is 12.7 Å². The zero-order valence-corrected chi connectivity index (χ0v) is 10.9. The number of ether oxygens (including phenoxy) is 1. The largest absolute Gasteiger partial charge is 0.435 e. The maximum Gasteiger partial charge on any atom is 0.387 e. The number of aryl methyl sites for hydroxylation is 1. The molecular weight excluding hydrogens is 268 g/mol. The molecule has 1 N–H and O–H groups in total. The van der Waals surface area contributed by atoms with Gasteiger partial charge < -0.3 is 9.84 Å². The summed E-state index contributed by atoms with van der Waals surface area (Å²) in [6.07, 6.45) is 1.32. The van der Waals surface area contributed by atoms with Crippen molar-refractivity contribution in [3.8, 4) is 5.75 Å². The van der Waals surface area contributed by atoms with E-state index in [0.29, 0.717) is 17.8 Å². The summed E-state index contributed by atoms with van der Waals surface area (Å²) in [5.41, 5.74) is 0.962. The van der Waals surface area contributed by atoms with Gasteiger partial charge in [0.1, 0.15) is 11.9 Å². The third-order valence-electron chi connectivity index (χ3n) is 2.76. The molecule has 1 atom stereocenters. The van der Waals surface area contributed by atoms with Gasteiger partial charge in [0, 0.05) is 6.54 Å². The number of aliphatic hydroxyl groups is 1. The average Bonchev–Trinajstić information content (AvgIpc) is 2.86. The molecule has 0 aliphatic heterocycles. The molecule has 1 unspecified atom stereocenters. The SMILES string of the molecule is CCCn1nncc1C(O)c1cccc(OC(F)F)c1. The van der Waals surface area contributed by atoms with Gasteiger partial charge in [-0.2, -0.15) is 8.78 Å². The molecule has 0 fully saturated rings. The molecule has 0 bridgehead atoms. The molecule has 0 radical (unpaired) electrons. The number of hydrogen-bond donors (Lipinski definition) is 1. The van der Waals surface area contributed by atoms with E-state index in [4.69, 9.17) is 0 Å². The average molecular weight is 283 g/mol. The van der Waals surface area contributed by atoms with Gasteiger partial charge in [-0.15, -0.1) is 5.10 Å². The fraction of sp³-hybridized carbons (Fsp3) is 0.385. The zero-order valence-electron chi connectivity index (χ0n) is 10.9. The maximum absolute atomic E-state index is 12.2. The molecule has 1 aromatic heterocycles. The second kappa shape index (κ2) is 6.42. The van der Waals surface area contributed by atoms with Crippen molar-refractivity contribution in [1.82, 2.24) is 15.0 Å². The molecule has 1 heterocycles. The van der Waals surface area contributed by atoms with Crippen LogP contribution in [0.4, 0.5) is 8.78 Å². The summed E-state index contributed by atoms with van der Waals surface area (Å²) in [7, 11) is 0. The van der Waals surface area contributed by atoms with Crippen molar-refractivity contribution in [2.45, 2.75) is 32.6 Å². The number of nitrogens with zero attached hydrogens (tertiary/aromatic N) is 3. The first-order valence-electron chi connectivity index (χ1n) is 6.23. The summed E-state index contributed by atoms with van der Waals surface area (Å²) >= 11 is 0. The molecule has 7 heteroatoms. The lowest BCUT2D eigenvalue weighted by molar-refractivity contribution is -0.0499. The maximum atomic E-state index is 12.2. The van der Waals surface area contributed by atoms with Gasteiger partial charge in [-0.3, -0.25) is 0 Å². The Morgan fingerprint density at radius 3 is 2.90 bits per heavy atom. The number of alkyl halides is 2. The number of benzene rings is 1. The van der Waals surface area contributed by atoms with Crippen molar-refractivity contribution < 1.29 is 18.6 Å². The van der Waals surface area contributed by atoms with Crippen molar-refractivity contribution in [2.24, 2.45) is 0 Å². The van der Waals surface area contributed by atoms with Crippen molar-refractivity contribution in [2.75, 3.05) is 0 Å². The Hall–Kier alpha value is -2.02. The van der Waals surface area contributed by atoms with Gasteiger partial charge in [-0.25, -0.2) is 4.68 Å². The molecule has 0 saturated carbocycles. The predicted octanol–water partition coefficient (Wildman–Crippen LogP) is 2.37. The molecule has 108 valence electrons. The highest BCUT2D eigenvalue weighted by molar-refractivity contribution is 5.33. The third-order valence-corrected chi connectivity index (χ3v) is 2.76. The Kier molecular flexibility index (Phi) is 4.62. The van der Waals surface area contributed by atoms with Crippen LogP contribution in [0.25, 0.3) is 0 Å². The van der Waals surface area contributed by atoms with Gasteiger partial charge in [0.25, 0.3) is 0 Å². The number of aliphatic hydroxyl groups excluding tert-OH is 1. The first-order valence-corrected chi connectivity index (χ1v) is 6.23. The van der Waals surface area contributed by atoms with Crippen molar-refractivity contribution in [3.63, 3.8) is 0 Å². The predicted molar refractivity (Wildman–Crippen MR) is 67.4 cm³/mol. The lowest BCUT2D eigenvalue weighted by atomic mass is 10.1. The van der Waals surface area contributed by atoms with E-state index in [2.05, 4.69) is 15.0 Å². The molecular formula is C13H15F2N3O2. The summed E-state index contributed by atoms with van der Waals surface area (Å²) in [5.74, 6) is 0.00562. The van der Waals surface area contributed by atoms with Crippen LogP contribution in [0.1, 0.15) is 30.7 Å². The topological polar surface area (TPSA) is 60.2 Å². The summed E-state index contributed by atoms with van der Waals surface area (Å²) in [6.45, 7) is -0.288. The Morgan fingerprint density at radius 1 is 1.40 bits per heavy atom. The Balaban J connectivity index is 2.23. The van der Waals surface area contributed by atoms with Crippen molar-refractivity contribution in [3.05, 3.63) is 41.7 Å². The number of halogens is 2. The second-order valence-corrected chi connectivity index (χ2v) is 4.24. The van der Waals surface area contributed by atoms with Gasteiger partial charge in [0.2, 0.25) is 0 Å². The minimum absolute atomic E-state index is 0.00562. The molecule has 1 aromatic carbocycles. The fourth-order valence-electron chi connectivity index (χ4n) is 1.89. The van der Waals surface area contributed by atoms with Gasteiger partial charge in [0.05, 0.1) is 11.9 Å². The van der Waals surface area contributed by atoms with Crippen molar-refractivity contribution >= 4 is 0 Å². The van der Waals surface area contributed by atoms with Crippen LogP contribution in [0.3, 0.4) is 0 Å². The van der Waals surface area contributed by atoms with Crippen LogP contribution in [-0.2, 0) is 6.54 Å². The highest BCUT2D eigenvalue weighted by atomic mass is 19.3. The summed E-state index contributed by atoms with van der Waals surface area (Å²) in [4.78, 5) is 0. The highest BCUT2D eigenvalue weighted by Gasteiger charge is 2.17. The normalized spacial score (nSPS) is 12.7. The molecule has 20 heavy (non-hydrogen) atoms. The summed E-state index contributed by atoms with van der Waals surface area (Å²) in [5, 5.41) is 17.9. The van der Waals surface area contributed by atoms with E-state index in [1.54, 1.807) is 16.8 Å². The summed E-state index contributed by atoms with van der Waals surface area (Å²) < 4.78 is 30.3. The number of rotatable bonds is 6. The van der Waals surface area contributed by atoms with Crippen LogP contribution >= 0.6 is 0 Å². The Labute approximate surface area is 114 Å². The third kappa shape index (κ3) is 3.30. The van der Waals surface area contributed by atoms with E-state index >= 15 is 0 Å². The van der Waals surface area contributed by atoms with E-state index in [9.17, 15) is 13.9 Å². The molecule has 0 amide bonds. The smallest absolute Gasteiger partial charge is 0.387 e. The van der Waals surface area contributed by atoms with Crippen LogP contribution in [0, 0.1) is 0 Å². The van der Waals surface area contributed by atoms with Crippen LogP contribution in [0.15, 0.2) is 30.5 Å². The minimum Gasteiger partial charge on any atom is -0.435 e. The fourth-order valence-corrected chi connectivity index (χ4v) is 1.89. The number of hydrogen-bond acceptors (Lipinski definition) is 4. The first-order chi connectivity index (χ1) is 9.61. The van der Waals surface area contributed by atoms with Crippen LogP contribution in [-0.4, -0.2) is 26.7 Å². The Bertz CT molecular complexity index is 560.